The first kappa shape index (κ1) is 13.1. The van der Waals surface area contributed by atoms with Gasteiger partial charge in [-0.1, -0.05) is 0 Å². The summed E-state index contributed by atoms with van der Waals surface area (Å²) in [4.78, 5) is 29.5. The molecule has 2 N–H and O–H groups in total. The highest BCUT2D eigenvalue weighted by molar-refractivity contribution is 5.92. The molecule has 1 aromatic rings. The van der Waals surface area contributed by atoms with Crippen LogP contribution in [0, 0.1) is 0 Å². The zero-order valence-corrected chi connectivity index (χ0v) is 10.8. The zero-order valence-electron chi connectivity index (χ0n) is 10.8. The number of carbonyl (C=O) groups is 2. The summed E-state index contributed by atoms with van der Waals surface area (Å²) in [5.74, 6) is -0.227. The van der Waals surface area contributed by atoms with Crippen molar-refractivity contribution in [2.45, 2.75) is 6.04 Å². The molecule has 7 heteroatoms. The first-order valence-corrected chi connectivity index (χ1v) is 5.91. The van der Waals surface area contributed by atoms with Crippen molar-refractivity contribution < 1.29 is 14.7 Å². The number of amides is 2. The van der Waals surface area contributed by atoms with E-state index in [1.807, 2.05) is 11.9 Å². The van der Waals surface area contributed by atoms with Gasteiger partial charge in [0.1, 0.15) is 5.69 Å². The van der Waals surface area contributed by atoms with Crippen LogP contribution in [0.4, 0.5) is 10.5 Å². The summed E-state index contributed by atoms with van der Waals surface area (Å²) < 4.78 is 0. The van der Waals surface area contributed by atoms with E-state index in [4.69, 9.17) is 5.11 Å². The van der Waals surface area contributed by atoms with E-state index in [1.54, 1.807) is 25.4 Å². The van der Waals surface area contributed by atoms with Gasteiger partial charge in [0.25, 0.3) is 5.91 Å². The van der Waals surface area contributed by atoms with Crippen molar-refractivity contribution in [2.75, 3.05) is 32.1 Å². The molecule has 0 unspecified atom stereocenters. The SMILES string of the molecule is CNC(=O)c1ccc(N(C)C2CN(C(=O)O)C2)cn1. The highest BCUT2D eigenvalue weighted by atomic mass is 16.4. The number of carbonyl (C=O) groups excluding carboxylic acids is 1. The lowest BCUT2D eigenvalue weighted by molar-refractivity contribution is 0.0957. The average molecular weight is 264 g/mol. The number of carboxylic acid groups (broad SMARTS) is 1. The van der Waals surface area contributed by atoms with Crippen LogP contribution in [0.25, 0.3) is 0 Å². The number of rotatable bonds is 3. The molecule has 1 aliphatic rings. The lowest BCUT2D eigenvalue weighted by Gasteiger charge is -2.43. The molecule has 2 heterocycles. The topological polar surface area (TPSA) is 85.8 Å². The van der Waals surface area contributed by atoms with Gasteiger partial charge in [-0.05, 0) is 12.1 Å². The van der Waals surface area contributed by atoms with Crippen LogP contribution in [-0.4, -0.2) is 60.2 Å². The second-order valence-electron chi connectivity index (χ2n) is 4.43. The van der Waals surface area contributed by atoms with Crippen molar-refractivity contribution in [3.63, 3.8) is 0 Å². The Labute approximate surface area is 110 Å². The number of nitrogens with one attached hydrogen (secondary N) is 1. The van der Waals surface area contributed by atoms with Crippen molar-refractivity contribution in [1.29, 1.82) is 0 Å². The van der Waals surface area contributed by atoms with Gasteiger partial charge in [-0.15, -0.1) is 0 Å². The Morgan fingerprint density at radius 1 is 1.47 bits per heavy atom. The van der Waals surface area contributed by atoms with E-state index in [1.165, 1.54) is 4.90 Å². The van der Waals surface area contributed by atoms with Crippen molar-refractivity contribution >= 4 is 17.7 Å². The van der Waals surface area contributed by atoms with Gasteiger partial charge in [0, 0.05) is 27.2 Å². The summed E-state index contributed by atoms with van der Waals surface area (Å²) in [6.07, 6.45) is 0.728. The predicted octanol–water partition coefficient (Wildman–Crippen LogP) is 0.240. The largest absolute Gasteiger partial charge is 0.465 e. The summed E-state index contributed by atoms with van der Waals surface area (Å²) in [5, 5.41) is 11.3. The number of nitrogens with zero attached hydrogens (tertiary/aromatic N) is 3. The summed E-state index contributed by atoms with van der Waals surface area (Å²) in [6.45, 7) is 0.978. The summed E-state index contributed by atoms with van der Waals surface area (Å²) in [7, 11) is 3.44. The molecule has 0 saturated carbocycles. The molecule has 19 heavy (non-hydrogen) atoms. The third-order valence-corrected chi connectivity index (χ3v) is 3.30. The molecule has 1 aliphatic heterocycles. The maximum absolute atomic E-state index is 11.4. The number of pyridine rings is 1. The molecule has 0 spiro atoms. The molecular formula is C12H16N4O3. The van der Waals surface area contributed by atoms with Gasteiger partial charge in [-0.3, -0.25) is 4.79 Å². The Bertz CT molecular complexity index is 482. The van der Waals surface area contributed by atoms with E-state index >= 15 is 0 Å². The van der Waals surface area contributed by atoms with Crippen molar-refractivity contribution in [2.24, 2.45) is 0 Å². The smallest absolute Gasteiger partial charge is 0.407 e. The molecule has 1 saturated heterocycles. The van der Waals surface area contributed by atoms with Crippen molar-refractivity contribution in [3.8, 4) is 0 Å². The van der Waals surface area contributed by atoms with E-state index in [2.05, 4.69) is 10.3 Å². The summed E-state index contributed by atoms with van der Waals surface area (Å²) in [6, 6.07) is 3.61. The fourth-order valence-corrected chi connectivity index (χ4v) is 1.92. The first-order chi connectivity index (χ1) is 9.02. The van der Waals surface area contributed by atoms with Gasteiger partial charge < -0.3 is 20.2 Å². The fourth-order valence-electron chi connectivity index (χ4n) is 1.92. The van der Waals surface area contributed by atoms with Gasteiger partial charge in [0.2, 0.25) is 0 Å². The number of aromatic nitrogens is 1. The van der Waals surface area contributed by atoms with Gasteiger partial charge in [-0.25, -0.2) is 9.78 Å². The van der Waals surface area contributed by atoms with Gasteiger partial charge in [0.05, 0.1) is 17.9 Å². The number of likely N-dealkylation sites (tertiary alicyclic amines) is 1. The lowest BCUT2D eigenvalue weighted by atomic mass is 10.1. The monoisotopic (exact) mass is 264 g/mol. The molecule has 2 amide bonds. The normalized spacial score (nSPS) is 14.7. The Balaban J connectivity index is 1.99. The van der Waals surface area contributed by atoms with Crippen LogP contribution < -0.4 is 10.2 Å². The van der Waals surface area contributed by atoms with Crippen LogP contribution >= 0.6 is 0 Å². The van der Waals surface area contributed by atoms with Crippen LogP contribution in [0.1, 0.15) is 10.5 Å². The third-order valence-electron chi connectivity index (χ3n) is 3.30. The van der Waals surface area contributed by atoms with E-state index in [0.29, 0.717) is 18.8 Å². The third kappa shape index (κ3) is 2.59. The quantitative estimate of drug-likeness (QED) is 0.816. The van der Waals surface area contributed by atoms with Crippen LogP contribution in [0.5, 0.6) is 0 Å². The number of hydrogen-bond acceptors (Lipinski definition) is 4. The number of anilines is 1. The predicted molar refractivity (Wildman–Crippen MR) is 69.4 cm³/mol. The van der Waals surface area contributed by atoms with Crippen molar-refractivity contribution in [3.05, 3.63) is 24.0 Å². The zero-order chi connectivity index (χ0) is 14.0. The second-order valence-corrected chi connectivity index (χ2v) is 4.43. The molecule has 0 aliphatic carbocycles. The standard InChI is InChI=1S/C12H16N4O3/c1-13-11(17)10-4-3-8(5-14-10)15(2)9-6-16(7-9)12(18)19/h3-5,9H,6-7H2,1-2H3,(H,13,17)(H,18,19). The van der Waals surface area contributed by atoms with Gasteiger partial charge in [-0.2, -0.15) is 0 Å². The molecule has 0 atom stereocenters. The lowest BCUT2D eigenvalue weighted by Crippen LogP contribution is -2.60. The Kier molecular flexibility index (Phi) is 3.55. The van der Waals surface area contributed by atoms with Crippen LogP contribution in [0.3, 0.4) is 0 Å². The highest BCUT2D eigenvalue weighted by Crippen LogP contribution is 2.20. The number of hydrogen-bond donors (Lipinski definition) is 2. The minimum Gasteiger partial charge on any atom is -0.465 e. The van der Waals surface area contributed by atoms with Crippen LogP contribution in [-0.2, 0) is 0 Å². The van der Waals surface area contributed by atoms with Gasteiger partial charge in [0.15, 0.2) is 0 Å². The minimum atomic E-state index is -0.891. The average Bonchev–Trinajstić information content (AvgIpc) is 2.35. The Hall–Kier alpha value is -2.31. The van der Waals surface area contributed by atoms with E-state index in [-0.39, 0.29) is 11.9 Å². The molecule has 0 radical (unpaired) electrons. The highest BCUT2D eigenvalue weighted by Gasteiger charge is 2.33. The molecule has 1 aromatic heterocycles. The maximum Gasteiger partial charge on any atom is 0.407 e. The molecule has 7 nitrogen and oxygen atoms in total. The molecular weight excluding hydrogens is 248 g/mol. The molecule has 102 valence electrons. The minimum absolute atomic E-state index is 0.156. The maximum atomic E-state index is 11.4. The Morgan fingerprint density at radius 3 is 2.63 bits per heavy atom. The first-order valence-electron chi connectivity index (χ1n) is 5.91. The summed E-state index contributed by atoms with van der Waals surface area (Å²) in [5.41, 5.74) is 1.23. The molecule has 0 aromatic carbocycles. The number of likely N-dealkylation sites (N-methyl/N-ethyl adjacent to an activating group) is 1. The fraction of sp³-hybridized carbons (Fsp3) is 0.417. The van der Waals surface area contributed by atoms with E-state index in [9.17, 15) is 9.59 Å². The van der Waals surface area contributed by atoms with Crippen LogP contribution in [0.15, 0.2) is 18.3 Å². The molecule has 1 fully saturated rings. The second kappa shape index (κ2) is 5.13. The molecule has 0 bridgehead atoms. The Morgan fingerprint density at radius 2 is 2.16 bits per heavy atom. The van der Waals surface area contributed by atoms with Crippen LogP contribution in [0.2, 0.25) is 0 Å². The van der Waals surface area contributed by atoms with E-state index < -0.39 is 6.09 Å². The van der Waals surface area contributed by atoms with Crippen molar-refractivity contribution in [1.82, 2.24) is 15.2 Å². The summed E-state index contributed by atoms with van der Waals surface area (Å²) >= 11 is 0. The van der Waals surface area contributed by atoms with E-state index in [0.717, 1.165) is 5.69 Å². The molecule has 2 rings (SSSR count). The van der Waals surface area contributed by atoms with Gasteiger partial charge >= 0.3 is 6.09 Å².